The van der Waals surface area contributed by atoms with Crippen LogP contribution in [0.1, 0.15) is 19.3 Å². The second-order valence-electron chi connectivity index (χ2n) is 9.83. The van der Waals surface area contributed by atoms with Gasteiger partial charge in [-0.3, -0.25) is 0 Å². The Morgan fingerprint density at radius 3 is 1.64 bits per heavy atom. The molecule has 180 valence electrons. The van der Waals surface area contributed by atoms with E-state index in [1.54, 1.807) is 0 Å². The van der Waals surface area contributed by atoms with Crippen LogP contribution in [-0.4, -0.2) is 29.1 Å². The summed E-state index contributed by atoms with van der Waals surface area (Å²) in [6.45, 7) is 4.70. The molecule has 2 heterocycles. The molecule has 0 aliphatic carbocycles. The van der Waals surface area contributed by atoms with Crippen molar-refractivity contribution in [3.63, 3.8) is 0 Å². The summed E-state index contributed by atoms with van der Waals surface area (Å²) in [4.78, 5) is 2.63. The van der Waals surface area contributed by atoms with Gasteiger partial charge in [0.2, 0.25) is 0 Å². The van der Waals surface area contributed by atoms with Crippen molar-refractivity contribution in [2.45, 2.75) is 25.8 Å². The normalized spacial score (nSPS) is 14.8. The zero-order valence-corrected chi connectivity index (χ0v) is 21.7. The maximum atomic E-state index is 2.63. The molecule has 4 aromatic carbocycles. The van der Waals surface area contributed by atoms with Crippen molar-refractivity contribution >= 4 is 39.4 Å². The number of likely N-dealkylation sites (tertiary alicyclic amines) is 1. The van der Waals surface area contributed by atoms with E-state index in [4.69, 9.17) is 0 Å². The van der Waals surface area contributed by atoms with Gasteiger partial charge in [-0.25, -0.2) is 0 Å². The van der Waals surface area contributed by atoms with Gasteiger partial charge in [0.15, 0.2) is 0 Å². The molecule has 1 saturated heterocycles. The topological polar surface area (TPSA) is 8.17 Å². The Morgan fingerprint density at radius 1 is 0.528 bits per heavy atom. The van der Waals surface area contributed by atoms with Crippen molar-refractivity contribution in [2.75, 3.05) is 19.6 Å². The van der Waals surface area contributed by atoms with Gasteiger partial charge in [-0.05, 0) is 86.6 Å². The number of benzene rings is 4. The van der Waals surface area contributed by atoms with Gasteiger partial charge in [0.05, 0.1) is 0 Å². The van der Waals surface area contributed by atoms with E-state index >= 15 is 0 Å². The van der Waals surface area contributed by atoms with E-state index < -0.39 is 7.26 Å². The van der Waals surface area contributed by atoms with E-state index in [0.717, 1.165) is 13.1 Å². The minimum Gasteiger partial charge on any atom is -0.346 e. The second-order valence-corrected chi connectivity index (χ2v) is 13.2. The molecule has 0 saturated carbocycles. The van der Waals surface area contributed by atoms with Crippen LogP contribution in [0.3, 0.4) is 0 Å². The number of rotatable bonds is 7. The predicted molar refractivity (Wildman–Crippen MR) is 157 cm³/mol. The third-order valence-corrected chi connectivity index (χ3v) is 11.9. The number of nitrogens with zero attached hydrogens (tertiary/aromatic N) is 2. The molecule has 0 bridgehead atoms. The Balaban J connectivity index is 1.48. The molecule has 0 spiro atoms. The van der Waals surface area contributed by atoms with Crippen molar-refractivity contribution in [1.82, 2.24) is 9.47 Å². The van der Waals surface area contributed by atoms with Crippen LogP contribution in [-0.2, 0) is 6.54 Å². The molecule has 0 atom stereocenters. The SMILES string of the molecule is c1ccc([P+](c2ccccc2)(c2ccccc2)c2ccc3c(ccn3CCN3CCCCC3)c2)cc1. The molecule has 36 heavy (non-hydrogen) atoms. The van der Waals surface area contributed by atoms with Gasteiger partial charge >= 0.3 is 0 Å². The van der Waals surface area contributed by atoms with E-state index in [-0.39, 0.29) is 0 Å². The zero-order chi connectivity index (χ0) is 24.2. The molecule has 0 radical (unpaired) electrons. The minimum absolute atomic E-state index is 1.05. The highest BCUT2D eigenvalue weighted by Crippen LogP contribution is 2.54. The van der Waals surface area contributed by atoms with Crippen molar-refractivity contribution < 1.29 is 0 Å². The molecule has 1 aliphatic rings. The van der Waals surface area contributed by atoms with Gasteiger partial charge in [0, 0.05) is 30.2 Å². The van der Waals surface area contributed by atoms with E-state index in [1.165, 1.54) is 64.5 Å². The van der Waals surface area contributed by atoms with Crippen LogP contribution in [0.2, 0.25) is 0 Å². The van der Waals surface area contributed by atoms with Gasteiger partial charge in [-0.2, -0.15) is 0 Å². The third-order valence-electron chi connectivity index (χ3n) is 7.68. The van der Waals surface area contributed by atoms with Crippen LogP contribution in [0.4, 0.5) is 0 Å². The zero-order valence-electron chi connectivity index (χ0n) is 20.8. The first-order valence-electron chi connectivity index (χ1n) is 13.2. The standard InChI is InChI=1S/C33H34N2P/c1-5-13-29(14-6-1)36(30-15-7-2-8-16-30,31-17-9-3-10-18-31)32-19-20-33-28(27-32)21-24-35(33)26-25-34-22-11-4-12-23-34/h1-3,5-10,13-21,24,27H,4,11-12,22-23,25-26H2/q+1. The molecule has 0 unspecified atom stereocenters. The van der Waals surface area contributed by atoms with Crippen LogP contribution < -0.4 is 21.2 Å². The number of hydrogen-bond acceptors (Lipinski definition) is 1. The molecular formula is C33H34N2P+. The first-order valence-corrected chi connectivity index (χ1v) is 15.0. The van der Waals surface area contributed by atoms with Crippen LogP contribution in [0, 0.1) is 0 Å². The first kappa shape index (κ1) is 23.2. The maximum absolute atomic E-state index is 2.63. The smallest absolute Gasteiger partial charge is 0.144 e. The average Bonchev–Trinajstić information content (AvgIpc) is 3.37. The van der Waals surface area contributed by atoms with Crippen LogP contribution in [0.5, 0.6) is 0 Å². The van der Waals surface area contributed by atoms with Crippen molar-refractivity contribution in [2.24, 2.45) is 0 Å². The number of fused-ring (bicyclic) bond motifs is 1. The highest BCUT2D eigenvalue weighted by atomic mass is 31.2. The minimum atomic E-state index is -2.06. The van der Waals surface area contributed by atoms with Crippen molar-refractivity contribution in [3.05, 3.63) is 121 Å². The molecule has 2 nitrogen and oxygen atoms in total. The summed E-state index contributed by atoms with van der Waals surface area (Å²) < 4.78 is 2.45. The molecule has 1 aliphatic heterocycles. The van der Waals surface area contributed by atoms with Gasteiger partial charge in [-0.1, -0.05) is 61.0 Å². The summed E-state index contributed by atoms with van der Waals surface area (Å²) in [6.07, 6.45) is 6.37. The van der Waals surface area contributed by atoms with E-state index in [1.807, 2.05) is 0 Å². The van der Waals surface area contributed by atoms with Gasteiger partial charge in [0.1, 0.15) is 28.5 Å². The highest BCUT2D eigenvalue weighted by molar-refractivity contribution is 8.01. The molecule has 1 aromatic heterocycles. The Bertz CT molecular complexity index is 1310. The number of hydrogen-bond donors (Lipinski definition) is 0. The summed E-state index contributed by atoms with van der Waals surface area (Å²) in [5, 5.41) is 6.93. The second kappa shape index (κ2) is 10.4. The van der Waals surface area contributed by atoms with Gasteiger partial charge in [-0.15, -0.1) is 0 Å². The lowest BCUT2D eigenvalue weighted by Crippen LogP contribution is -2.38. The van der Waals surface area contributed by atoms with Crippen molar-refractivity contribution in [3.8, 4) is 0 Å². The molecule has 6 rings (SSSR count). The molecule has 5 aromatic rings. The summed E-state index contributed by atoms with van der Waals surface area (Å²) in [5.41, 5.74) is 1.34. The van der Waals surface area contributed by atoms with Gasteiger partial charge in [0.25, 0.3) is 0 Å². The maximum Gasteiger partial charge on any atom is 0.144 e. The average molecular weight is 490 g/mol. The Morgan fingerprint density at radius 2 is 1.08 bits per heavy atom. The number of piperidine rings is 1. The summed E-state index contributed by atoms with van der Waals surface area (Å²) in [5.74, 6) is 0. The summed E-state index contributed by atoms with van der Waals surface area (Å²) >= 11 is 0. The molecule has 1 fully saturated rings. The Labute approximate surface area is 215 Å². The van der Waals surface area contributed by atoms with Crippen LogP contribution in [0.15, 0.2) is 121 Å². The number of aromatic nitrogens is 1. The molecule has 3 heteroatoms. The third kappa shape index (κ3) is 4.30. The highest BCUT2D eigenvalue weighted by Gasteiger charge is 2.47. The molecule has 0 N–H and O–H groups in total. The fourth-order valence-electron chi connectivity index (χ4n) is 5.87. The summed E-state index contributed by atoms with van der Waals surface area (Å²) in [6, 6.07) is 43.0. The van der Waals surface area contributed by atoms with E-state index in [0.29, 0.717) is 0 Å². The van der Waals surface area contributed by atoms with E-state index in [2.05, 4.69) is 131 Å². The largest absolute Gasteiger partial charge is 0.346 e. The fraction of sp³-hybridized carbons (Fsp3) is 0.212. The van der Waals surface area contributed by atoms with Gasteiger partial charge < -0.3 is 9.47 Å². The van der Waals surface area contributed by atoms with Crippen molar-refractivity contribution in [1.29, 1.82) is 0 Å². The monoisotopic (exact) mass is 489 g/mol. The lowest BCUT2D eigenvalue weighted by molar-refractivity contribution is 0.221. The predicted octanol–water partition coefficient (Wildman–Crippen LogP) is 5.75. The Hall–Kier alpha value is -3.19. The summed E-state index contributed by atoms with van der Waals surface area (Å²) in [7, 11) is -2.06. The first-order chi connectivity index (χ1) is 17.9. The van der Waals surface area contributed by atoms with E-state index in [9.17, 15) is 0 Å². The lowest BCUT2D eigenvalue weighted by Gasteiger charge is -2.28. The van der Waals surface area contributed by atoms with Crippen LogP contribution in [0.25, 0.3) is 10.9 Å². The lowest BCUT2D eigenvalue weighted by atomic mass is 10.1. The quantitative estimate of drug-likeness (QED) is 0.265. The fourth-order valence-corrected chi connectivity index (χ4v) is 10.2. The molecular weight excluding hydrogens is 455 g/mol. The Kier molecular flexibility index (Phi) is 6.73. The molecule has 0 amide bonds. The van der Waals surface area contributed by atoms with Crippen LogP contribution >= 0.6 is 7.26 Å².